The van der Waals surface area contributed by atoms with Gasteiger partial charge in [0.05, 0.1) is 0 Å². The van der Waals surface area contributed by atoms with Crippen molar-refractivity contribution in [2.75, 3.05) is 20.7 Å². The molecule has 0 aromatic heterocycles. The van der Waals surface area contributed by atoms with E-state index in [0.29, 0.717) is 12.3 Å². The Morgan fingerprint density at radius 3 is 2.71 bits per heavy atom. The number of nitrogens with two attached hydrogens (primary N) is 1. The molecule has 2 amide bonds. The summed E-state index contributed by atoms with van der Waals surface area (Å²) in [6.07, 6.45) is 2.55. The van der Waals surface area contributed by atoms with E-state index in [0.717, 1.165) is 24.8 Å². The maximum atomic E-state index is 12.1. The average Bonchev–Trinajstić information content (AvgIpc) is 2.97. The molecule has 1 fully saturated rings. The van der Waals surface area contributed by atoms with Gasteiger partial charge < -0.3 is 20.7 Å². The maximum Gasteiger partial charge on any atom is 0.259 e. The van der Waals surface area contributed by atoms with Crippen LogP contribution >= 0.6 is 12.4 Å². The summed E-state index contributed by atoms with van der Waals surface area (Å²) < 4.78 is 5.47. The monoisotopic (exact) mass is 355 g/mol. The fourth-order valence-electron chi connectivity index (χ4n) is 2.61. The van der Waals surface area contributed by atoms with E-state index in [-0.39, 0.29) is 42.8 Å². The first-order valence-electron chi connectivity index (χ1n) is 7.91. The van der Waals surface area contributed by atoms with Crippen molar-refractivity contribution in [2.45, 2.75) is 31.8 Å². The highest BCUT2D eigenvalue weighted by molar-refractivity contribution is 5.85. The molecule has 0 spiro atoms. The number of carbonyl (C=O) groups excluding carboxylic acids is 2. The number of ether oxygens (including phenoxy) is 1. The van der Waals surface area contributed by atoms with Gasteiger partial charge in [0.15, 0.2) is 6.61 Å². The Morgan fingerprint density at radius 1 is 1.33 bits per heavy atom. The van der Waals surface area contributed by atoms with E-state index in [1.807, 2.05) is 18.2 Å². The molecule has 0 saturated heterocycles. The molecule has 7 heteroatoms. The van der Waals surface area contributed by atoms with Crippen LogP contribution in [0.1, 0.15) is 24.8 Å². The minimum Gasteiger partial charge on any atom is -0.484 e. The van der Waals surface area contributed by atoms with Gasteiger partial charge in [-0.25, -0.2) is 0 Å². The third-order valence-corrected chi connectivity index (χ3v) is 4.07. The molecule has 24 heavy (non-hydrogen) atoms. The molecule has 2 rings (SSSR count). The topological polar surface area (TPSA) is 84.7 Å². The Labute approximate surface area is 149 Å². The summed E-state index contributed by atoms with van der Waals surface area (Å²) in [4.78, 5) is 25.1. The molecule has 0 bridgehead atoms. The second kappa shape index (κ2) is 9.49. The van der Waals surface area contributed by atoms with Crippen LogP contribution in [-0.2, 0) is 16.1 Å². The Morgan fingerprint density at radius 2 is 2.08 bits per heavy atom. The number of hydrogen-bond acceptors (Lipinski definition) is 4. The van der Waals surface area contributed by atoms with E-state index in [1.54, 1.807) is 20.2 Å². The summed E-state index contributed by atoms with van der Waals surface area (Å²) in [7, 11) is 3.37. The highest BCUT2D eigenvalue weighted by atomic mass is 35.5. The molecular weight excluding hydrogens is 330 g/mol. The van der Waals surface area contributed by atoms with E-state index in [1.165, 1.54) is 4.90 Å². The number of nitrogens with one attached hydrogen (secondary N) is 1. The van der Waals surface area contributed by atoms with Gasteiger partial charge in [0.1, 0.15) is 5.75 Å². The van der Waals surface area contributed by atoms with Crippen LogP contribution in [0.4, 0.5) is 0 Å². The predicted octanol–water partition coefficient (Wildman–Crippen LogP) is 1.32. The highest BCUT2D eigenvalue weighted by Crippen LogP contribution is 2.24. The van der Waals surface area contributed by atoms with E-state index in [9.17, 15) is 9.59 Å². The summed E-state index contributed by atoms with van der Waals surface area (Å²) in [5.74, 6) is 0.616. The second-order valence-electron chi connectivity index (χ2n) is 6.21. The number of hydrogen-bond donors (Lipinski definition) is 2. The van der Waals surface area contributed by atoms with Crippen LogP contribution in [0.15, 0.2) is 24.3 Å². The summed E-state index contributed by atoms with van der Waals surface area (Å²) in [6.45, 7) is 0.451. The van der Waals surface area contributed by atoms with Gasteiger partial charge >= 0.3 is 0 Å². The molecule has 0 aliphatic heterocycles. The first-order valence-corrected chi connectivity index (χ1v) is 7.91. The largest absolute Gasteiger partial charge is 0.484 e. The molecule has 2 atom stereocenters. The van der Waals surface area contributed by atoms with Crippen molar-refractivity contribution in [3.63, 3.8) is 0 Å². The molecule has 0 heterocycles. The van der Waals surface area contributed by atoms with Gasteiger partial charge in [-0.15, -0.1) is 12.4 Å². The lowest BCUT2D eigenvalue weighted by Gasteiger charge is -2.13. The number of halogens is 1. The Hall–Kier alpha value is -1.79. The van der Waals surface area contributed by atoms with Crippen molar-refractivity contribution in [1.29, 1.82) is 0 Å². The van der Waals surface area contributed by atoms with Gasteiger partial charge in [-0.3, -0.25) is 9.59 Å². The van der Waals surface area contributed by atoms with E-state index < -0.39 is 0 Å². The Bertz CT molecular complexity index is 566. The molecule has 3 N–H and O–H groups in total. The predicted molar refractivity (Wildman–Crippen MR) is 95.0 cm³/mol. The lowest BCUT2D eigenvalue weighted by molar-refractivity contribution is -0.130. The van der Waals surface area contributed by atoms with Crippen molar-refractivity contribution < 1.29 is 14.3 Å². The van der Waals surface area contributed by atoms with Crippen LogP contribution in [0.2, 0.25) is 0 Å². The first kappa shape index (κ1) is 20.3. The molecule has 1 aliphatic carbocycles. The van der Waals surface area contributed by atoms with E-state index in [2.05, 4.69) is 5.32 Å². The van der Waals surface area contributed by atoms with Crippen LogP contribution in [0.25, 0.3) is 0 Å². The Balaban J connectivity index is 0.00000288. The molecule has 1 aromatic carbocycles. The van der Waals surface area contributed by atoms with Crippen LogP contribution in [0, 0.1) is 5.92 Å². The number of likely N-dealkylation sites (N-methyl/N-ethyl adjacent to an activating group) is 1. The fraction of sp³-hybridized carbons (Fsp3) is 0.529. The van der Waals surface area contributed by atoms with Crippen molar-refractivity contribution in [3.8, 4) is 5.75 Å². The van der Waals surface area contributed by atoms with Crippen molar-refractivity contribution in [1.82, 2.24) is 10.2 Å². The third kappa shape index (κ3) is 6.02. The summed E-state index contributed by atoms with van der Waals surface area (Å²) >= 11 is 0. The Kier molecular flexibility index (Phi) is 8.01. The highest BCUT2D eigenvalue weighted by Gasteiger charge is 2.27. The molecule has 0 radical (unpaired) electrons. The smallest absolute Gasteiger partial charge is 0.259 e. The zero-order valence-electron chi connectivity index (χ0n) is 14.2. The number of nitrogens with zero attached hydrogens (tertiary/aromatic N) is 1. The second-order valence-corrected chi connectivity index (χ2v) is 6.21. The van der Waals surface area contributed by atoms with Crippen molar-refractivity contribution in [2.24, 2.45) is 11.7 Å². The minimum absolute atomic E-state index is 0. The van der Waals surface area contributed by atoms with Gasteiger partial charge in [-0.05, 0) is 37.0 Å². The van der Waals surface area contributed by atoms with Crippen molar-refractivity contribution >= 4 is 24.2 Å². The number of carbonyl (C=O) groups is 2. The third-order valence-electron chi connectivity index (χ3n) is 4.07. The normalized spacial score (nSPS) is 19.3. The van der Waals surface area contributed by atoms with E-state index in [4.69, 9.17) is 10.5 Å². The van der Waals surface area contributed by atoms with Gasteiger partial charge in [0.2, 0.25) is 5.91 Å². The SMILES string of the molecule is CN(C)C(=O)COc1cccc(CNC(=O)C2CCC(N)C2)c1.Cl. The lowest BCUT2D eigenvalue weighted by Crippen LogP contribution is -2.30. The number of benzene rings is 1. The zero-order valence-corrected chi connectivity index (χ0v) is 15.0. The van der Waals surface area contributed by atoms with Crippen LogP contribution in [0.3, 0.4) is 0 Å². The van der Waals surface area contributed by atoms with Gasteiger partial charge in [-0.1, -0.05) is 12.1 Å². The average molecular weight is 356 g/mol. The molecule has 2 unspecified atom stereocenters. The van der Waals surface area contributed by atoms with Crippen LogP contribution in [0.5, 0.6) is 5.75 Å². The molecule has 134 valence electrons. The van der Waals surface area contributed by atoms with Crippen LogP contribution in [-0.4, -0.2) is 43.5 Å². The molecule has 1 saturated carbocycles. The quantitative estimate of drug-likeness (QED) is 0.806. The summed E-state index contributed by atoms with van der Waals surface area (Å²) in [6, 6.07) is 7.55. The maximum absolute atomic E-state index is 12.1. The fourth-order valence-corrected chi connectivity index (χ4v) is 2.61. The standard InChI is InChI=1S/C17H25N3O3.ClH/c1-20(2)16(21)11-23-15-5-3-4-12(8-15)10-19-17(22)13-6-7-14(18)9-13;/h3-5,8,13-14H,6-7,9-11,18H2,1-2H3,(H,19,22);1H. The summed E-state index contributed by atoms with van der Waals surface area (Å²) in [5, 5.41) is 2.95. The molecule has 1 aromatic rings. The van der Waals surface area contributed by atoms with Gasteiger partial charge in [0, 0.05) is 32.6 Å². The minimum atomic E-state index is -0.0960. The number of amides is 2. The van der Waals surface area contributed by atoms with Crippen LogP contribution < -0.4 is 15.8 Å². The number of rotatable bonds is 6. The molecular formula is C17H26ClN3O3. The summed E-state index contributed by atoms with van der Waals surface area (Å²) in [5.41, 5.74) is 6.78. The molecule has 1 aliphatic rings. The lowest BCUT2D eigenvalue weighted by atomic mass is 10.1. The van der Waals surface area contributed by atoms with Gasteiger partial charge in [-0.2, -0.15) is 0 Å². The zero-order chi connectivity index (χ0) is 16.8. The van der Waals surface area contributed by atoms with Crippen molar-refractivity contribution in [3.05, 3.63) is 29.8 Å². The first-order chi connectivity index (χ1) is 11.0. The van der Waals surface area contributed by atoms with E-state index >= 15 is 0 Å². The van der Waals surface area contributed by atoms with Gasteiger partial charge in [0.25, 0.3) is 5.91 Å². The molecule has 6 nitrogen and oxygen atoms in total.